The molecule has 104 valence electrons. The topological polar surface area (TPSA) is 41.1 Å². The zero-order valence-corrected chi connectivity index (χ0v) is 11.7. The predicted molar refractivity (Wildman–Crippen MR) is 73.4 cm³/mol. The van der Waals surface area contributed by atoms with Crippen molar-refractivity contribution in [2.45, 2.75) is 45.2 Å². The van der Waals surface area contributed by atoms with Gasteiger partial charge in [-0.2, -0.15) is 0 Å². The standard InChI is InChI=1S/C15H21FN2O/c1-15(2,3)18-14(19)9-17-13-7-4-10-8-11(16)5-6-12(10)13/h5-6,8,13,17H,4,7,9H2,1-3H3,(H,18,19). The average molecular weight is 264 g/mol. The third-order valence-electron chi connectivity index (χ3n) is 3.21. The van der Waals surface area contributed by atoms with Gasteiger partial charge in [0.05, 0.1) is 6.54 Å². The van der Waals surface area contributed by atoms with Crippen molar-refractivity contribution in [3.8, 4) is 0 Å². The lowest BCUT2D eigenvalue weighted by molar-refractivity contribution is -0.121. The van der Waals surface area contributed by atoms with Crippen LogP contribution in [0.1, 0.15) is 44.4 Å². The molecule has 1 aromatic carbocycles. The molecule has 1 aliphatic rings. The minimum Gasteiger partial charge on any atom is -0.350 e. The van der Waals surface area contributed by atoms with E-state index in [4.69, 9.17) is 0 Å². The summed E-state index contributed by atoms with van der Waals surface area (Å²) in [6.07, 6.45) is 1.78. The summed E-state index contributed by atoms with van der Waals surface area (Å²) in [6.45, 7) is 6.16. The second kappa shape index (κ2) is 5.29. The average Bonchev–Trinajstić information content (AvgIpc) is 2.66. The van der Waals surface area contributed by atoms with E-state index in [0.717, 1.165) is 24.0 Å². The summed E-state index contributed by atoms with van der Waals surface area (Å²) in [5, 5.41) is 6.16. The summed E-state index contributed by atoms with van der Waals surface area (Å²) in [4.78, 5) is 11.7. The summed E-state index contributed by atoms with van der Waals surface area (Å²) < 4.78 is 13.1. The zero-order chi connectivity index (χ0) is 14.0. The first kappa shape index (κ1) is 14.0. The molecule has 0 fully saturated rings. The smallest absolute Gasteiger partial charge is 0.234 e. The fourth-order valence-corrected chi connectivity index (χ4v) is 2.48. The predicted octanol–water partition coefficient (Wildman–Crippen LogP) is 2.32. The summed E-state index contributed by atoms with van der Waals surface area (Å²) in [6, 6.07) is 5.04. The fourth-order valence-electron chi connectivity index (χ4n) is 2.48. The third kappa shape index (κ3) is 3.77. The summed E-state index contributed by atoms with van der Waals surface area (Å²) in [5.74, 6) is -0.201. The van der Waals surface area contributed by atoms with Gasteiger partial charge in [0.2, 0.25) is 5.91 Å². The Morgan fingerprint density at radius 1 is 1.42 bits per heavy atom. The number of nitrogens with one attached hydrogen (secondary N) is 2. The van der Waals surface area contributed by atoms with Crippen molar-refractivity contribution in [2.24, 2.45) is 0 Å². The molecule has 4 heteroatoms. The van der Waals surface area contributed by atoms with E-state index in [1.807, 2.05) is 26.8 Å². The molecular formula is C15H21FN2O. The Hall–Kier alpha value is -1.42. The van der Waals surface area contributed by atoms with E-state index in [0.29, 0.717) is 6.54 Å². The second-order valence-electron chi connectivity index (χ2n) is 6.11. The summed E-state index contributed by atoms with van der Waals surface area (Å²) >= 11 is 0. The number of rotatable bonds is 3. The Labute approximate surface area is 113 Å². The van der Waals surface area contributed by atoms with Crippen molar-refractivity contribution in [2.75, 3.05) is 6.54 Å². The van der Waals surface area contributed by atoms with E-state index in [9.17, 15) is 9.18 Å². The SMILES string of the molecule is CC(C)(C)NC(=O)CNC1CCc2cc(F)ccc21. The third-order valence-corrected chi connectivity index (χ3v) is 3.21. The van der Waals surface area contributed by atoms with Crippen molar-refractivity contribution in [3.63, 3.8) is 0 Å². The maximum absolute atomic E-state index is 13.1. The van der Waals surface area contributed by atoms with Gasteiger partial charge in [-0.15, -0.1) is 0 Å². The molecule has 1 aromatic rings. The molecule has 3 nitrogen and oxygen atoms in total. The number of carbonyl (C=O) groups excluding carboxylic acids is 1. The van der Waals surface area contributed by atoms with Crippen LogP contribution in [0.15, 0.2) is 18.2 Å². The number of fused-ring (bicyclic) bond motifs is 1. The largest absolute Gasteiger partial charge is 0.350 e. The second-order valence-corrected chi connectivity index (χ2v) is 6.11. The van der Waals surface area contributed by atoms with E-state index in [1.54, 1.807) is 6.07 Å². The molecule has 0 saturated heterocycles. The van der Waals surface area contributed by atoms with Crippen molar-refractivity contribution >= 4 is 5.91 Å². The molecule has 2 rings (SSSR count). The Kier molecular flexibility index (Phi) is 3.90. The van der Waals surface area contributed by atoms with Crippen LogP contribution in [-0.2, 0) is 11.2 Å². The highest BCUT2D eigenvalue weighted by molar-refractivity contribution is 5.78. The van der Waals surface area contributed by atoms with E-state index in [2.05, 4.69) is 10.6 Å². The Bertz CT molecular complexity index is 480. The number of aryl methyl sites for hydroxylation is 1. The lowest BCUT2D eigenvalue weighted by Gasteiger charge is -2.21. The molecule has 0 aromatic heterocycles. The molecule has 0 radical (unpaired) electrons. The fraction of sp³-hybridized carbons (Fsp3) is 0.533. The molecule has 0 bridgehead atoms. The number of hydrogen-bond acceptors (Lipinski definition) is 2. The zero-order valence-electron chi connectivity index (χ0n) is 11.7. The van der Waals surface area contributed by atoms with Crippen molar-refractivity contribution < 1.29 is 9.18 Å². The van der Waals surface area contributed by atoms with Crippen LogP contribution >= 0.6 is 0 Å². The van der Waals surface area contributed by atoms with Gasteiger partial charge >= 0.3 is 0 Å². The van der Waals surface area contributed by atoms with Gasteiger partial charge in [-0.25, -0.2) is 4.39 Å². The Morgan fingerprint density at radius 3 is 2.84 bits per heavy atom. The molecule has 1 atom stereocenters. The minimum atomic E-state index is -0.213. The highest BCUT2D eigenvalue weighted by Crippen LogP contribution is 2.31. The van der Waals surface area contributed by atoms with Crippen LogP contribution in [0.2, 0.25) is 0 Å². The van der Waals surface area contributed by atoms with Gasteiger partial charge in [0.15, 0.2) is 0 Å². The molecule has 0 spiro atoms. The number of hydrogen-bond donors (Lipinski definition) is 2. The molecule has 19 heavy (non-hydrogen) atoms. The maximum Gasteiger partial charge on any atom is 0.234 e. The molecule has 0 heterocycles. The van der Waals surface area contributed by atoms with Gasteiger partial charge in [0, 0.05) is 11.6 Å². The van der Waals surface area contributed by atoms with Crippen molar-refractivity contribution in [1.82, 2.24) is 10.6 Å². The van der Waals surface area contributed by atoms with Crippen LogP contribution in [0.5, 0.6) is 0 Å². The monoisotopic (exact) mass is 264 g/mol. The minimum absolute atomic E-state index is 0.0111. The van der Waals surface area contributed by atoms with Gasteiger partial charge in [-0.05, 0) is 56.9 Å². The highest BCUT2D eigenvalue weighted by atomic mass is 19.1. The number of halogens is 1. The van der Waals surface area contributed by atoms with Crippen LogP contribution in [0.25, 0.3) is 0 Å². The maximum atomic E-state index is 13.1. The number of amides is 1. The first-order valence-corrected chi connectivity index (χ1v) is 6.68. The molecule has 0 aliphatic heterocycles. The van der Waals surface area contributed by atoms with Crippen molar-refractivity contribution in [3.05, 3.63) is 35.1 Å². The molecule has 0 saturated carbocycles. The first-order chi connectivity index (χ1) is 8.85. The lowest BCUT2D eigenvalue weighted by atomic mass is 10.1. The van der Waals surface area contributed by atoms with Gasteiger partial charge < -0.3 is 10.6 Å². The lowest BCUT2D eigenvalue weighted by Crippen LogP contribution is -2.45. The molecular weight excluding hydrogens is 243 g/mol. The Balaban J connectivity index is 1.91. The van der Waals surface area contributed by atoms with Crippen LogP contribution in [-0.4, -0.2) is 18.0 Å². The van der Waals surface area contributed by atoms with Crippen LogP contribution in [0.4, 0.5) is 4.39 Å². The number of benzene rings is 1. The van der Waals surface area contributed by atoms with E-state index < -0.39 is 0 Å². The van der Waals surface area contributed by atoms with E-state index >= 15 is 0 Å². The summed E-state index contributed by atoms with van der Waals surface area (Å²) in [5.41, 5.74) is 1.95. The van der Waals surface area contributed by atoms with Gasteiger partial charge in [-0.3, -0.25) is 4.79 Å². The normalized spacial score (nSPS) is 18.2. The summed E-state index contributed by atoms with van der Waals surface area (Å²) in [7, 11) is 0. The molecule has 1 aliphatic carbocycles. The molecule has 1 unspecified atom stereocenters. The van der Waals surface area contributed by atoms with Crippen LogP contribution in [0.3, 0.4) is 0 Å². The first-order valence-electron chi connectivity index (χ1n) is 6.68. The van der Waals surface area contributed by atoms with Gasteiger partial charge in [-0.1, -0.05) is 6.07 Å². The van der Waals surface area contributed by atoms with Gasteiger partial charge in [0.1, 0.15) is 5.82 Å². The van der Waals surface area contributed by atoms with Crippen LogP contribution < -0.4 is 10.6 Å². The van der Waals surface area contributed by atoms with E-state index in [1.165, 1.54) is 6.07 Å². The number of carbonyl (C=O) groups is 1. The van der Waals surface area contributed by atoms with Crippen LogP contribution in [0, 0.1) is 5.82 Å². The quantitative estimate of drug-likeness (QED) is 0.879. The van der Waals surface area contributed by atoms with E-state index in [-0.39, 0.29) is 23.3 Å². The highest BCUT2D eigenvalue weighted by Gasteiger charge is 2.23. The molecule has 2 N–H and O–H groups in total. The Morgan fingerprint density at radius 2 is 2.16 bits per heavy atom. The van der Waals surface area contributed by atoms with Crippen molar-refractivity contribution in [1.29, 1.82) is 0 Å². The molecule has 1 amide bonds. The van der Waals surface area contributed by atoms with Gasteiger partial charge in [0.25, 0.3) is 0 Å².